The van der Waals surface area contributed by atoms with Crippen LogP contribution in [0.3, 0.4) is 0 Å². The number of hydrogen-bond donors (Lipinski definition) is 1. The number of carbonyl (C=O) groups is 1. The van der Waals surface area contributed by atoms with E-state index in [1.807, 2.05) is 72.8 Å². The van der Waals surface area contributed by atoms with Gasteiger partial charge >= 0.3 is 0 Å². The van der Waals surface area contributed by atoms with Crippen molar-refractivity contribution in [2.24, 2.45) is 5.73 Å². The van der Waals surface area contributed by atoms with Gasteiger partial charge in [0, 0.05) is 18.4 Å². The van der Waals surface area contributed by atoms with Gasteiger partial charge in [-0.1, -0.05) is 84.9 Å². The number of rotatable bonds is 3. The molecule has 1 heterocycles. The molecule has 2 atom stereocenters. The summed E-state index contributed by atoms with van der Waals surface area (Å²) in [7, 11) is 0. The van der Waals surface area contributed by atoms with Gasteiger partial charge in [-0.3, -0.25) is 4.79 Å². The number of Topliss-reactive ketones (excluding diaryl/α,β-unsaturated/α-hetero) is 1. The van der Waals surface area contributed by atoms with E-state index in [1.165, 1.54) is 0 Å². The Hall–Kier alpha value is -4.10. The normalized spacial score (nSPS) is 20.4. The lowest BCUT2D eigenvalue weighted by atomic mass is 9.73. The van der Waals surface area contributed by atoms with Crippen LogP contribution >= 0.6 is 0 Å². The van der Waals surface area contributed by atoms with Gasteiger partial charge in [-0.15, -0.1) is 0 Å². The second-order valence-electron chi connectivity index (χ2n) is 8.19. The smallest absolute Gasteiger partial charge is 0.205 e. The fourth-order valence-corrected chi connectivity index (χ4v) is 4.70. The highest BCUT2D eigenvalue weighted by Crippen LogP contribution is 2.46. The Morgan fingerprint density at radius 1 is 0.812 bits per heavy atom. The van der Waals surface area contributed by atoms with Crippen molar-refractivity contribution >= 4 is 5.78 Å². The van der Waals surface area contributed by atoms with E-state index in [2.05, 4.69) is 18.2 Å². The zero-order chi connectivity index (χ0) is 22.1. The van der Waals surface area contributed by atoms with Gasteiger partial charge in [-0.05, 0) is 28.2 Å². The van der Waals surface area contributed by atoms with Crippen LogP contribution in [0.5, 0.6) is 0 Å². The van der Waals surface area contributed by atoms with Crippen LogP contribution in [-0.2, 0) is 9.53 Å². The van der Waals surface area contributed by atoms with Crippen molar-refractivity contribution in [2.75, 3.05) is 0 Å². The third kappa shape index (κ3) is 3.48. The Labute approximate surface area is 187 Å². The zero-order valence-corrected chi connectivity index (χ0v) is 17.5. The summed E-state index contributed by atoms with van der Waals surface area (Å²) in [6.07, 6.45) is 0.979. The summed E-state index contributed by atoms with van der Waals surface area (Å²) < 4.78 is 5.85. The minimum atomic E-state index is -0.502. The molecule has 0 amide bonds. The fraction of sp³-hybridized carbons (Fsp3) is 0.143. The first-order valence-corrected chi connectivity index (χ1v) is 10.7. The molecular formula is C28H22N2O2. The van der Waals surface area contributed by atoms with Gasteiger partial charge in [-0.25, -0.2) is 0 Å². The number of nitrogens with two attached hydrogens (primary N) is 1. The number of carbonyl (C=O) groups excluding carboxylic acids is 1. The van der Waals surface area contributed by atoms with Crippen molar-refractivity contribution in [2.45, 2.75) is 24.7 Å². The molecule has 3 aromatic carbocycles. The van der Waals surface area contributed by atoms with Crippen molar-refractivity contribution in [3.8, 4) is 17.2 Å². The first-order valence-electron chi connectivity index (χ1n) is 10.7. The third-order valence-electron chi connectivity index (χ3n) is 6.28. The van der Waals surface area contributed by atoms with Gasteiger partial charge in [0.15, 0.2) is 5.78 Å². The van der Waals surface area contributed by atoms with E-state index in [0.717, 1.165) is 22.3 Å². The Bertz CT molecular complexity index is 1270. The van der Waals surface area contributed by atoms with E-state index in [-0.39, 0.29) is 17.6 Å². The first kappa shape index (κ1) is 19.8. The minimum absolute atomic E-state index is 0.0116. The largest absolute Gasteiger partial charge is 0.444 e. The minimum Gasteiger partial charge on any atom is -0.444 e. The highest BCUT2D eigenvalue weighted by molar-refractivity contribution is 6.00. The maximum atomic E-state index is 13.3. The summed E-state index contributed by atoms with van der Waals surface area (Å²) in [6, 6.07) is 30.3. The number of hydrogen-bond acceptors (Lipinski definition) is 4. The van der Waals surface area contributed by atoms with Crippen LogP contribution in [0.25, 0.3) is 11.1 Å². The van der Waals surface area contributed by atoms with Gasteiger partial charge in [0.25, 0.3) is 0 Å². The Morgan fingerprint density at radius 3 is 2.09 bits per heavy atom. The lowest BCUT2D eigenvalue weighted by Gasteiger charge is -2.34. The maximum Gasteiger partial charge on any atom is 0.205 e. The van der Waals surface area contributed by atoms with Crippen LogP contribution in [0.2, 0.25) is 0 Å². The van der Waals surface area contributed by atoms with Crippen LogP contribution in [0, 0.1) is 11.3 Å². The molecule has 2 N–H and O–H groups in total. The summed E-state index contributed by atoms with van der Waals surface area (Å²) >= 11 is 0. The second kappa shape index (κ2) is 8.20. The lowest BCUT2D eigenvalue weighted by Crippen LogP contribution is -2.29. The van der Waals surface area contributed by atoms with Gasteiger partial charge < -0.3 is 10.5 Å². The van der Waals surface area contributed by atoms with E-state index >= 15 is 0 Å². The SMILES string of the molecule is N#CC1=C(N)OC2=C(C(=O)C[C@H](c3ccccc3)C2)[C@@H]1c1ccc(-c2ccccc2)cc1. The van der Waals surface area contributed by atoms with Gasteiger partial charge in [0.2, 0.25) is 5.88 Å². The van der Waals surface area contributed by atoms with E-state index < -0.39 is 5.92 Å². The Balaban J connectivity index is 1.54. The molecule has 0 aromatic heterocycles. The van der Waals surface area contributed by atoms with Gasteiger partial charge in [-0.2, -0.15) is 5.26 Å². The van der Waals surface area contributed by atoms with E-state index in [4.69, 9.17) is 10.5 Å². The number of benzene rings is 3. The Kier molecular flexibility index (Phi) is 5.09. The zero-order valence-electron chi connectivity index (χ0n) is 17.5. The molecule has 156 valence electrons. The van der Waals surface area contributed by atoms with Crippen LogP contribution < -0.4 is 5.73 Å². The van der Waals surface area contributed by atoms with Crippen molar-refractivity contribution < 1.29 is 9.53 Å². The highest BCUT2D eigenvalue weighted by atomic mass is 16.5. The predicted octanol–water partition coefficient (Wildman–Crippen LogP) is 5.56. The molecule has 3 aromatic rings. The van der Waals surface area contributed by atoms with Crippen LogP contribution in [0.1, 0.15) is 35.8 Å². The molecule has 32 heavy (non-hydrogen) atoms. The first-order chi connectivity index (χ1) is 15.7. The third-order valence-corrected chi connectivity index (χ3v) is 6.28. The molecule has 0 unspecified atom stereocenters. The molecule has 4 nitrogen and oxygen atoms in total. The standard InChI is InChI=1S/C28H22N2O2/c29-17-23-26(21-13-11-20(12-14-21)18-7-3-1-4-8-18)27-24(31)15-22(16-25(27)32-28(23)30)19-9-5-2-6-10-19/h1-14,22,26H,15-16,30H2/t22-,26+/m0/s1. The van der Waals surface area contributed by atoms with E-state index in [0.29, 0.717) is 29.7 Å². The van der Waals surface area contributed by atoms with Crippen molar-refractivity contribution in [3.05, 3.63) is 119 Å². The van der Waals surface area contributed by atoms with Crippen molar-refractivity contribution in [1.82, 2.24) is 0 Å². The van der Waals surface area contributed by atoms with Gasteiger partial charge in [0.1, 0.15) is 17.4 Å². The summed E-state index contributed by atoms with van der Waals surface area (Å²) in [5.41, 5.74) is 11.2. The lowest BCUT2D eigenvalue weighted by molar-refractivity contribution is -0.117. The molecular weight excluding hydrogens is 396 g/mol. The number of nitriles is 1. The molecule has 2 aliphatic rings. The monoisotopic (exact) mass is 418 g/mol. The molecule has 5 rings (SSSR count). The van der Waals surface area contributed by atoms with Crippen LogP contribution in [-0.4, -0.2) is 5.78 Å². The molecule has 0 fully saturated rings. The quantitative estimate of drug-likeness (QED) is 0.604. The molecule has 0 radical (unpaired) electrons. The van der Waals surface area contributed by atoms with Crippen molar-refractivity contribution in [3.63, 3.8) is 0 Å². The van der Waals surface area contributed by atoms with Crippen LogP contribution in [0.4, 0.5) is 0 Å². The number of nitrogens with zero attached hydrogens (tertiary/aromatic N) is 1. The average Bonchev–Trinajstić information content (AvgIpc) is 2.84. The number of allylic oxidation sites excluding steroid dienone is 3. The van der Waals surface area contributed by atoms with Crippen molar-refractivity contribution in [1.29, 1.82) is 5.26 Å². The van der Waals surface area contributed by atoms with E-state index in [1.54, 1.807) is 0 Å². The number of ketones is 1. The number of ether oxygens (including phenoxy) is 1. The maximum absolute atomic E-state index is 13.3. The topological polar surface area (TPSA) is 76.1 Å². The molecule has 1 aliphatic carbocycles. The van der Waals surface area contributed by atoms with Crippen LogP contribution in [0.15, 0.2) is 108 Å². The summed E-state index contributed by atoms with van der Waals surface area (Å²) in [5.74, 6) is 0.226. The summed E-state index contributed by atoms with van der Waals surface area (Å²) in [6.45, 7) is 0. The fourth-order valence-electron chi connectivity index (χ4n) is 4.70. The highest BCUT2D eigenvalue weighted by Gasteiger charge is 2.40. The summed E-state index contributed by atoms with van der Waals surface area (Å²) in [5, 5.41) is 9.83. The predicted molar refractivity (Wildman–Crippen MR) is 123 cm³/mol. The Morgan fingerprint density at radius 2 is 1.44 bits per heavy atom. The van der Waals surface area contributed by atoms with E-state index in [9.17, 15) is 10.1 Å². The molecule has 4 heteroatoms. The van der Waals surface area contributed by atoms with Gasteiger partial charge in [0.05, 0.1) is 5.92 Å². The second-order valence-corrected chi connectivity index (χ2v) is 8.19. The molecule has 0 spiro atoms. The molecule has 1 aliphatic heterocycles. The molecule has 0 bridgehead atoms. The summed E-state index contributed by atoms with van der Waals surface area (Å²) in [4.78, 5) is 13.3. The molecule has 0 saturated carbocycles. The molecule has 0 saturated heterocycles. The average molecular weight is 418 g/mol.